The third-order valence-electron chi connectivity index (χ3n) is 4.89. The minimum absolute atomic E-state index is 0.109. The van der Waals surface area contributed by atoms with Crippen LogP contribution in [0.15, 0.2) is 48.5 Å². The summed E-state index contributed by atoms with van der Waals surface area (Å²) in [5.74, 6) is -0.231. The predicted octanol–water partition coefficient (Wildman–Crippen LogP) is 2.45. The Hall–Kier alpha value is -3.13. The van der Waals surface area contributed by atoms with Gasteiger partial charge in [-0.05, 0) is 35.6 Å². The molecule has 5 nitrogen and oxygen atoms in total. The van der Waals surface area contributed by atoms with Gasteiger partial charge in [-0.3, -0.25) is 9.69 Å². The number of amides is 3. The second-order valence-corrected chi connectivity index (χ2v) is 6.15. The van der Waals surface area contributed by atoms with Crippen LogP contribution in [0.3, 0.4) is 0 Å². The Balaban J connectivity index is 1.70. The molecule has 1 atom stereocenters. The highest BCUT2D eigenvalue weighted by molar-refractivity contribution is 6.08. The minimum atomic E-state index is -0.949. The number of fused-ring (bicyclic) bond motifs is 2. The molecule has 1 aliphatic carbocycles. The Kier molecular flexibility index (Phi) is 3.14. The van der Waals surface area contributed by atoms with Gasteiger partial charge in [0.2, 0.25) is 0 Å². The van der Waals surface area contributed by atoms with Crippen LogP contribution in [0.4, 0.5) is 4.79 Å². The van der Waals surface area contributed by atoms with Gasteiger partial charge >= 0.3 is 6.03 Å². The molecular formula is C19H15N3O2. The highest BCUT2D eigenvalue weighted by Crippen LogP contribution is 2.41. The van der Waals surface area contributed by atoms with Gasteiger partial charge in [0, 0.05) is 0 Å². The van der Waals surface area contributed by atoms with Gasteiger partial charge in [-0.2, -0.15) is 5.26 Å². The molecule has 24 heavy (non-hydrogen) atoms. The molecule has 1 fully saturated rings. The molecule has 2 aliphatic rings. The molecule has 1 aliphatic heterocycles. The first-order chi connectivity index (χ1) is 11.7. The molecule has 0 radical (unpaired) electrons. The molecule has 118 valence electrons. The molecular weight excluding hydrogens is 302 g/mol. The average Bonchev–Trinajstić information content (AvgIpc) is 3.09. The van der Waals surface area contributed by atoms with Crippen molar-refractivity contribution in [1.82, 2.24) is 10.2 Å². The first-order valence-corrected chi connectivity index (χ1v) is 7.86. The number of nitrogens with zero attached hydrogens (tertiary/aromatic N) is 2. The molecule has 5 heteroatoms. The lowest BCUT2D eigenvalue weighted by Crippen LogP contribution is -2.41. The van der Waals surface area contributed by atoms with Crippen molar-refractivity contribution in [3.05, 3.63) is 70.8 Å². The summed E-state index contributed by atoms with van der Waals surface area (Å²) in [6, 6.07) is 16.5. The van der Waals surface area contributed by atoms with Gasteiger partial charge in [-0.15, -0.1) is 0 Å². The minimum Gasteiger partial charge on any atom is -0.319 e. The Morgan fingerprint density at radius 3 is 2.71 bits per heavy atom. The van der Waals surface area contributed by atoms with Gasteiger partial charge in [0.15, 0.2) is 0 Å². The van der Waals surface area contributed by atoms with E-state index in [-0.39, 0.29) is 12.5 Å². The van der Waals surface area contributed by atoms with Gasteiger partial charge in [-0.1, -0.05) is 42.5 Å². The maximum atomic E-state index is 13.1. The zero-order valence-electron chi connectivity index (χ0n) is 13.0. The van der Waals surface area contributed by atoms with Crippen LogP contribution in [0, 0.1) is 11.3 Å². The fraction of sp³-hybridized carbons (Fsp3) is 0.211. The highest BCUT2D eigenvalue weighted by Gasteiger charge is 2.55. The van der Waals surface area contributed by atoms with Crippen molar-refractivity contribution < 1.29 is 9.59 Å². The lowest BCUT2D eigenvalue weighted by atomic mass is 9.92. The molecule has 0 saturated carbocycles. The standard InChI is InChI=1S/C19H15N3O2/c20-11-14-6-1-2-7-15(14)12-22-17(23)19(21-18(22)24)10-9-13-5-3-4-8-16(13)19/h1-8H,9-10,12H2,(H,21,24)/t19-/m1/s1. The number of rotatable bonds is 2. The van der Waals surface area contributed by atoms with Crippen molar-refractivity contribution in [2.24, 2.45) is 0 Å². The third-order valence-corrected chi connectivity index (χ3v) is 4.89. The van der Waals surface area contributed by atoms with Gasteiger partial charge < -0.3 is 5.32 Å². The summed E-state index contributed by atoms with van der Waals surface area (Å²) in [6.07, 6.45) is 1.35. The largest absolute Gasteiger partial charge is 0.325 e. The molecule has 2 aromatic carbocycles. The number of aryl methyl sites for hydroxylation is 1. The summed E-state index contributed by atoms with van der Waals surface area (Å²) in [5.41, 5.74) is 2.19. The summed E-state index contributed by atoms with van der Waals surface area (Å²) in [6.45, 7) is 0.109. The van der Waals surface area contributed by atoms with E-state index < -0.39 is 11.6 Å². The van der Waals surface area contributed by atoms with Crippen molar-refractivity contribution in [3.63, 3.8) is 0 Å². The van der Waals surface area contributed by atoms with E-state index in [0.29, 0.717) is 17.5 Å². The zero-order valence-corrected chi connectivity index (χ0v) is 13.0. The number of benzene rings is 2. The van der Waals surface area contributed by atoms with Crippen LogP contribution in [0.1, 0.15) is 28.7 Å². The van der Waals surface area contributed by atoms with Crippen LogP contribution in [0.2, 0.25) is 0 Å². The second-order valence-electron chi connectivity index (χ2n) is 6.15. The molecule has 0 unspecified atom stereocenters. The summed E-state index contributed by atoms with van der Waals surface area (Å²) in [7, 11) is 0. The van der Waals surface area contributed by atoms with E-state index in [1.807, 2.05) is 24.3 Å². The van der Waals surface area contributed by atoms with E-state index in [9.17, 15) is 14.9 Å². The number of nitrogens with one attached hydrogen (secondary N) is 1. The van der Waals surface area contributed by atoms with E-state index in [2.05, 4.69) is 11.4 Å². The van der Waals surface area contributed by atoms with Crippen LogP contribution in [-0.4, -0.2) is 16.8 Å². The summed E-state index contributed by atoms with van der Waals surface area (Å²) < 4.78 is 0. The van der Waals surface area contributed by atoms with Crippen molar-refractivity contribution in [3.8, 4) is 6.07 Å². The molecule has 0 aromatic heterocycles. The van der Waals surface area contributed by atoms with Crippen LogP contribution in [0.5, 0.6) is 0 Å². The first-order valence-electron chi connectivity index (χ1n) is 7.86. The fourth-order valence-corrected chi connectivity index (χ4v) is 3.67. The second kappa shape index (κ2) is 5.20. The zero-order chi connectivity index (χ0) is 16.7. The molecule has 1 saturated heterocycles. The lowest BCUT2D eigenvalue weighted by Gasteiger charge is -2.22. The molecule has 1 N–H and O–H groups in total. The Morgan fingerprint density at radius 2 is 1.88 bits per heavy atom. The monoisotopic (exact) mass is 317 g/mol. The maximum absolute atomic E-state index is 13.1. The van der Waals surface area contributed by atoms with Gasteiger partial charge in [0.25, 0.3) is 5.91 Å². The van der Waals surface area contributed by atoms with Crippen molar-refractivity contribution in [2.75, 3.05) is 0 Å². The van der Waals surface area contributed by atoms with Crippen molar-refractivity contribution in [1.29, 1.82) is 5.26 Å². The normalized spacial score (nSPS) is 21.7. The number of imide groups is 1. The fourth-order valence-electron chi connectivity index (χ4n) is 3.67. The van der Waals surface area contributed by atoms with E-state index in [1.54, 1.807) is 24.3 Å². The number of hydrogen-bond acceptors (Lipinski definition) is 3. The van der Waals surface area contributed by atoms with Crippen LogP contribution < -0.4 is 5.32 Å². The van der Waals surface area contributed by atoms with E-state index >= 15 is 0 Å². The SMILES string of the molecule is N#Cc1ccccc1CN1C(=O)N[C@@]2(CCc3ccccc32)C1=O. The van der Waals surface area contributed by atoms with Crippen molar-refractivity contribution in [2.45, 2.75) is 24.9 Å². The van der Waals surface area contributed by atoms with Gasteiger partial charge in [0.1, 0.15) is 5.54 Å². The van der Waals surface area contributed by atoms with E-state index in [4.69, 9.17) is 0 Å². The van der Waals surface area contributed by atoms with E-state index in [0.717, 1.165) is 17.5 Å². The number of urea groups is 1. The average molecular weight is 317 g/mol. The Bertz CT molecular complexity index is 899. The highest BCUT2D eigenvalue weighted by atomic mass is 16.2. The molecule has 3 amide bonds. The summed E-state index contributed by atoms with van der Waals surface area (Å²) in [5, 5.41) is 12.1. The Morgan fingerprint density at radius 1 is 1.12 bits per heavy atom. The number of carbonyl (C=O) groups is 2. The number of hydrogen-bond donors (Lipinski definition) is 1. The van der Waals surface area contributed by atoms with Crippen molar-refractivity contribution >= 4 is 11.9 Å². The lowest BCUT2D eigenvalue weighted by molar-refractivity contribution is -0.132. The predicted molar refractivity (Wildman–Crippen MR) is 86.7 cm³/mol. The quantitative estimate of drug-likeness (QED) is 0.865. The maximum Gasteiger partial charge on any atom is 0.325 e. The smallest absolute Gasteiger partial charge is 0.319 e. The summed E-state index contributed by atoms with van der Waals surface area (Å²) >= 11 is 0. The van der Waals surface area contributed by atoms with Crippen LogP contribution in [0.25, 0.3) is 0 Å². The third kappa shape index (κ3) is 1.93. The Labute approximate surface area is 139 Å². The molecule has 4 rings (SSSR count). The van der Waals surface area contributed by atoms with Crippen LogP contribution >= 0.6 is 0 Å². The molecule has 2 aromatic rings. The topological polar surface area (TPSA) is 73.2 Å². The molecule has 1 heterocycles. The number of carbonyl (C=O) groups excluding carboxylic acids is 2. The van der Waals surface area contributed by atoms with Gasteiger partial charge in [-0.25, -0.2) is 4.79 Å². The molecule has 1 spiro atoms. The molecule has 0 bridgehead atoms. The first kappa shape index (κ1) is 14.5. The van der Waals surface area contributed by atoms with Crippen LogP contribution in [-0.2, 0) is 23.3 Å². The van der Waals surface area contributed by atoms with E-state index in [1.165, 1.54) is 4.90 Å². The summed E-state index contributed by atoms with van der Waals surface area (Å²) in [4.78, 5) is 26.8. The van der Waals surface area contributed by atoms with Gasteiger partial charge in [0.05, 0.1) is 18.2 Å². The number of nitriles is 1.